The van der Waals surface area contributed by atoms with E-state index in [1.54, 1.807) is 12.1 Å². The number of aliphatic hydroxyl groups excluding tert-OH is 1. The summed E-state index contributed by atoms with van der Waals surface area (Å²) in [5, 5.41) is 26.1. The standard InChI is InChI=1S/C17H19N3O3/c1-2-20(11-12-21)16-9-7-15(8-10-16)19-18-14-5-3-13(4-6-14)17(22)23/h3-10,21H,2,11-12H2,1H3,(H,22,23)/b19-18+. The molecule has 2 aromatic carbocycles. The molecule has 0 radical (unpaired) electrons. The van der Waals surface area contributed by atoms with Gasteiger partial charge in [-0.25, -0.2) is 4.79 Å². The fraction of sp³-hybridized carbons (Fsp3) is 0.235. The summed E-state index contributed by atoms with van der Waals surface area (Å²) in [6.45, 7) is 3.55. The molecule has 0 saturated heterocycles. The van der Waals surface area contributed by atoms with E-state index in [-0.39, 0.29) is 12.2 Å². The SMILES string of the molecule is CCN(CCO)c1ccc(/N=N/c2ccc(C(=O)O)cc2)cc1. The molecule has 0 aromatic heterocycles. The maximum atomic E-state index is 10.8. The zero-order valence-electron chi connectivity index (χ0n) is 12.9. The summed E-state index contributed by atoms with van der Waals surface area (Å²) in [4.78, 5) is 12.8. The van der Waals surface area contributed by atoms with Gasteiger partial charge in [0.1, 0.15) is 0 Å². The summed E-state index contributed by atoms with van der Waals surface area (Å²) in [5.74, 6) is -0.965. The zero-order valence-corrected chi connectivity index (χ0v) is 12.9. The Bertz CT molecular complexity index is 666. The highest BCUT2D eigenvalue weighted by atomic mass is 16.4. The molecule has 0 aliphatic heterocycles. The fourth-order valence-electron chi connectivity index (χ4n) is 2.11. The highest BCUT2D eigenvalue weighted by molar-refractivity contribution is 5.87. The van der Waals surface area contributed by atoms with Crippen molar-refractivity contribution in [1.82, 2.24) is 0 Å². The van der Waals surface area contributed by atoms with Crippen LogP contribution >= 0.6 is 0 Å². The minimum atomic E-state index is -0.965. The molecule has 0 unspecified atom stereocenters. The lowest BCUT2D eigenvalue weighted by Gasteiger charge is -2.21. The van der Waals surface area contributed by atoms with Gasteiger partial charge < -0.3 is 15.1 Å². The minimum absolute atomic E-state index is 0.113. The molecular formula is C17H19N3O3. The number of anilines is 1. The number of rotatable bonds is 7. The van der Waals surface area contributed by atoms with Crippen LogP contribution in [0.4, 0.5) is 17.1 Å². The molecule has 0 atom stereocenters. The quantitative estimate of drug-likeness (QED) is 0.764. The fourth-order valence-corrected chi connectivity index (χ4v) is 2.11. The van der Waals surface area contributed by atoms with Gasteiger partial charge in [0.05, 0.1) is 23.5 Å². The molecule has 6 nitrogen and oxygen atoms in total. The smallest absolute Gasteiger partial charge is 0.335 e. The molecule has 0 spiro atoms. The van der Waals surface area contributed by atoms with Crippen LogP contribution in [0.5, 0.6) is 0 Å². The maximum absolute atomic E-state index is 10.8. The lowest BCUT2D eigenvalue weighted by molar-refractivity contribution is 0.0697. The second kappa shape index (κ2) is 8.05. The van der Waals surface area contributed by atoms with Gasteiger partial charge in [-0.15, -0.1) is 0 Å². The van der Waals surface area contributed by atoms with E-state index in [0.717, 1.165) is 12.2 Å². The molecule has 2 N–H and O–H groups in total. The van der Waals surface area contributed by atoms with E-state index in [4.69, 9.17) is 10.2 Å². The summed E-state index contributed by atoms with van der Waals surface area (Å²) in [6.07, 6.45) is 0. The number of carboxylic acid groups (broad SMARTS) is 1. The van der Waals surface area contributed by atoms with Crippen LogP contribution in [0, 0.1) is 0 Å². The Kier molecular flexibility index (Phi) is 5.82. The monoisotopic (exact) mass is 313 g/mol. The average Bonchev–Trinajstić information content (AvgIpc) is 2.59. The second-order valence-electron chi connectivity index (χ2n) is 4.87. The molecular weight excluding hydrogens is 294 g/mol. The Balaban J connectivity index is 2.06. The van der Waals surface area contributed by atoms with Crippen LogP contribution in [-0.4, -0.2) is 35.9 Å². The lowest BCUT2D eigenvalue weighted by atomic mass is 10.2. The first-order valence-corrected chi connectivity index (χ1v) is 7.35. The van der Waals surface area contributed by atoms with Gasteiger partial charge in [-0.05, 0) is 55.5 Å². The molecule has 2 rings (SSSR count). The third-order valence-electron chi connectivity index (χ3n) is 3.36. The first-order chi connectivity index (χ1) is 11.1. The van der Waals surface area contributed by atoms with E-state index in [0.29, 0.717) is 17.9 Å². The number of carbonyl (C=O) groups is 1. The molecule has 0 aliphatic carbocycles. The Hall–Kier alpha value is -2.73. The highest BCUT2D eigenvalue weighted by Gasteiger charge is 2.03. The van der Waals surface area contributed by atoms with Crippen molar-refractivity contribution in [3.05, 3.63) is 54.1 Å². The molecule has 0 saturated carbocycles. The van der Waals surface area contributed by atoms with Crippen LogP contribution < -0.4 is 4.90 Å². The van der Waals surface area contributed by atoms with Gasteiger partial charge >= 0.3 is 5.97 Å². The maximum Gasteiger partial charge on any atom is 0.335 e. The van der Waals surface area contributed by atoms with Crippen molar-refractivity contribution in [1.29, 1.82) is 0 Å². The normalized spacial score (nSPS) is 10.9. The van der Waals surface area contributed by atoms with Gasteiger partial charge in [-0.1, -0.05) is 0 Å². The number of likely N-dealkylation sites (N-methyl/N-ethyl adjacent to an activating group) is 1. The zero-order chi connectivity index (χ0) is 16.7. The second-order valence-corrected chi connectivity index (χ2v) is 4.87. The van der Waals surface area contributed by atoms with E-state index < -0.39 is 5.97 Å². The van der Waals surface area contributed by atoms with E-state index in [1.807, 2.05) is 31.2 Å². The van der Waals surface area contributed by atoms with Crippen LogP contribution in [0.3, 0.4) is 0 Å². The molecule has 6 heteroatoms. The summed E-state index contributed by atoms with van der Waals surface area (Å²) < 4.78 is 0. The number of hydrogen-bond acceptors (Lipinski definition) is 5. The van der Waals surface area contributed by atoms with E-state index in [1.165, 1.54) is 12.1 Å². The van der Waals surface area contributed by atoms with Crippen molar-refractivity contribution in [2.24, 2.45) is 10.2 Å². The van der Waals surface area contributed by atoms with Gasteiger partial charge in [0.15, 0.2) is 0 Å². The number of azo groups is 1. The van der Waals surface area contributed by atoms with Crippen molar-refractivity contribution in [2.75, 3.05) is 24.6 Å². The van der Waals surface area contributed by atoms with Crippen LogP contribution in [0.2, 0.25) is 0 Å². The molecule has 0 aliphatic rings. The van der Waals surface area contributed by atoms with Crippen molar-refractivity contribution < 1.29 is 15.0 Å². The Morgan fingerprint density at radius 2 is 1.52 bits per heavy atom. The Morgan fingerprint density at radius 3 is 1.96 bits per heavy atom. The van der Waals surface area contributed by atoms with Gasteiger partial charge in [-0.2, -0.15) is 10.2 Å². The largest absolute Gasteiger partial charge is 0.478 e. The number of benzene rings is 2. The summed E-state index contributed by atoms with van der Waals surface area (Å²) in [7, 11) is 0. The van der Waals surface area contributed by atoms with Crippen molar-refractivity contribution in [2.45, 2.75) is 6.92 Å². The lowest BCUT2D eigenvalue weighted by Crippen LogP contribution is -2.25. The van der Waals surface area contributed by atoms with Gasteiger partial charge in [0, 0.05) is 18.8 Å². The molecule has 0 heterocycles. The van der Waals surface area contributed by atoms with E-state index in [9.17, 15) is 4.79 Å². The molecule has 0 bridgehead atoms. The van der Waals surface area contributed by atoms with Crippen LogP contribution in [0.1, 0.15) is 17.3 Å². The highest BCUT2D eigenvalue weighted by Crippen LogP contribution is 2.22. The molecule has 0 amide bonds. The first-order valence-electron chi connectivity index (χ1n) is 7.35. The Morgan fingerprint density at radius 1 is 1.00 bits per heavy atom. The number of aromatic carboxylic acids is 1. The topological polar surface area (TPSA) is 85.5 Å². The predicted molar refractivity (Wildman–Crippen MR) is 89.0 cm³/mol. The summed E-state index contributed by atoms with van der Waals surface area (Å²) in [5.41, 5.74) is 2.54. The van der Waals surface area contributed by atoms with Crippen molar-refractivity contribution in [3.8, 4) is 0 Å². The molecule has 2 aromatic rings. The van der Waals surface area contributed by atoms with Gasteiger partial charge in [0.2, 0.25) is 0 Å². The van der Waals surface area contributed by atoms with Crippen molar-refractivity contribution >= 4 is 23.0 Å². The molecule has 23 heavy (non-hydrogen) atoms. The van der Waals surface area contributed by atoms with Gasteiger partial charge in [0.25, 0.3) is 0 Å². The molecule has 120 valence electrons. The third kappa shape index (κ3) is 4.62. The first kappa shape index (κ1) is 16.6. The predicted octanol–water partition coefficient (Wildman–Crippen LogP) is 3.62. The van der Waals surface area contributed by atoms with Crippen LogP contribution in [0.25, 0.3) is 0 Å². The minimum Gasteiger partial charge on any atom is -0.478 e. The van der Waals surface area contributed by atoms with E-state index in [2.05, 4.69) is 15.1 Å². The van der Waals surface area contributed by atoms with Gasteiger partial charge in [-0.3, -0.25) is 0 Å². The van der Waals surface area contributed by atoms with Crippen molar-refractivity contribution in [3.63, 3.8) is 0 Å². The van der Waals surface area contributed by atoms with E-state index >= 15 is 0 Å². The number of nitrogens with zero attached hydrogens (tertiary/aromatic N) is 3. The third-order valence-corrected chi connectivity index (χ3v) is 3.36. The van der Waals surface area contributed by atoms with Crippen LogP contribution in [0.15, 0.2) is 58.8 Å². The number of hydrogen-bond donors (Lipinski definition) is 2. The Labute approximate surface area is 134 Å². The molecule has 0 fully saturated rings. The average molecular weight is 313 g/mol. The summed E-state index contributed by atoms with van der Waals surface area (Å²) >= 11 is 0. The number of aliphatic hydroxyl groups is 1. The van der Waals surface area contributed by atoms with Crippen LogP contribution in [-0.2, 0) is 0 Å². The number of carboxylic acids is 1. The summed E-state index contributed by atoms with van der Waals surface area (Å²) in [6, 6.07) is 13.8.